The van der Waals surface area contributed by atoms with Crippen LogP contribution >= 0.6 is 0 Å². The summed E-state index contributed by atoms with van der Waals surface area (Å²) in [6.07, 6.45) is 0. The van der Waals surface area contributed by atoms with Crippen LogP contribution in [0.4, 0.5) is 0 Å². The van der Waals surface area contributed by atoms with Crippen LogP contribution in [0.15, 0.2) is 29.2 Å². The normalized spacial score (nSPS) is 11.4. The van der Waals surface area contributed by atoms with Gasteiger partial charge in [-0.05, 0) is 23.6 Å². The fourth-order valence-electron chi connectivity index (χ4n) is 1.51. The van der Waals surface area contributed by atoms with Gasteiger partial charge in [-0.1, -0.05) is 26.0 Å². The number of aliphatic carboxylic acids is 1. The third-order valence-corrected chi connectivity index (χ3v) is 4.13. The molecule has 0 fully saturated rings. The van der Waals surface area contributed by atoms with Crippen molar-refractivity contribution in [3.63, 3.8) is 0 Å². The maximum absolute atomic E-state index is 11.9. The van der Waals surface area contributed by atoms with Gasteiger partial charge in [-0.25, -0.2) is 13.1 Å². The molecule has 0 bridgehead atoms. The number of carbonyl (C=O) groups excluding carboxylic acids is 1. The second-order valence-electron chi connectivity index (χ2n) is 4.72. The Hall–Kier alpha value is -1.93. The molecule has 0 aliphatic rings. The lowest BCUT2D eigenvalue weighted by Gasteiger charge is -2.09. The molecule has 116 valence electrons. The van der Waals surface area contributed by atoms with Crippen LogP contribution < -0.4 is 10.0 Å². The lowest BCUT2D eigenvalue weighted by molar-refractivity contribution is -0.137. The van der Waals surface area contributed by atoms with E-state index in [9.17, 15) is 18.0 Å². The molecule has 0 aromatic heterocycles. The van der Waals surface area contributed by atoms with Crippen molar-refractivity contribution >= 4 is 21.9 Å². The number of amides is 1. The molecule has 1 aromatic rings. The molecule has 8 heteroatoms. The Morgan fingerprint density at radius 1 is 1.14 bits per heavy atom. The van der Waals surface area contributed by atoms with Gasteiger partial charge in [-0.15, -0.1) is 0 Å². The van der Waals surface area contributed by atoms with E-state index in [4.69, 9.17) is 5.11 Å². The molecule has 0 radical (unpaired) electrons. The predicted octanol–water partition coefficient (Wildman–Crippen LogP) is 0.289. The van der Waals surface area contributed by atoms with E-state index in [1.54, 1.807) is 12.1 Å². The van der Waals surface area contributed by atoms with Crippen molar-refractivity contribution in [2.24, 2.45) is 0 Å². The average molecular weight is 314 g/mol. The summed E-state index contributed by atoms with van der Waals surface area (Å²) >= 11 is 0. The molecule has 0 heterocycles. The van der Waals surface area contributed by atoms with Gasteiger partial charge in [0.15, 0.2) is 0 Å². The second kappa shape index (κ2) is 7.19. The maximum Gasteiger partial charge on any atom is 0.322 e. The molecule has 0 spiro atoms. The van der Waals surface area contributed by atoms with Gasteiger partial charge in [0.25, 0.3) is 0 Å². The summed E-state index contributed by atoms with van der Waals surface area (Å²) in [6, 6.07) is 6.35. The van der Waals surface area contributed by atoms with Crippen LogP contribution in [0.1, 0.15) is 25.3 Å². The Morgan fingerprint density at radius 3 is 2.19 bits per heavy atom. The maximum atomic E-state index is 11.9. The first kappa shape index (κ1) is 17.1. The van der Waals surface area contributed by atoms with Crippen LogP contribution in [0, 0.1) is 0 Å². The number of carboxylic acids is 1. The lowest BCUT2D eigenvalue weighted by Crippen LogP contribution is -2.38. The van der Waals surface area contributed by atoms with E-state index in [0.717, 1.165) is 5.56 Å². The molecule has 3 N–H and O–H groups in total. The fraction of sp³-hybridized carbons (Fsp3) is 0.385. The highest BCUT2D eigenvalue weighted by Gasteiger charge is 2.15. The highest BCUT2D eigenvalue weighted by molar-refractivity contribution is 7.89. The Labute approximate surface area is 123 Å². The van der Waals surface area contributed by atoms with Crippen LogP contribution in [0.3, 0.4) is 0 Å². The molecule has 0 saturated heterocycles. The summed E-state index contributed by atoms with van der Waals surface area (Å²) < 4.78 is 26.0. The highest BCUT2D eigenvalue weighted by atomic mass is 32.2. The number of hydrogen-bond acceptors (Lipinski definition) is 4. The molecule has 0 atom stereocenters. The van der Waals surface area contributed by atoms with Crippen LogP contribution in [0.2, 0.25) is 0 Å². The highest BCUT2D eigenvalue weighted by Crippen LogP contribution is 2.16. The van der Waals surface area contributed by atoms with Crippen molar-refractivity contribution in [2.75, 3.05) is 13.1 Å². The van der Waals surface area contributed by atoms with Crippen molar-refractivity contribution in [1.82, 2.24) is 10.0 Å². The molecule has 21 heavy (non-hydrogen) atoms. The number of nitrogens with one attached hydrogen (secondary N) is 2. The summed E-state index contributed by atoms with van der Waals surface area (Å²) in [5.41, 5.74) is 1.01. The summed E-state index contributed by atoms with van der Waals surface area (Å²) in [5, 5.41) is 10.5. The molecule has 0 aliphatic heterocycles. The summed E-state index contributed by atoms with van der Waals surface area (Å²) in [6.45, 7) is 2.92. The first-order valence-electron chi connectivity index (χ1n) is 6.30. The van der Waals surface area contributed by atoms with E-state index in [1.165, 1.54) is 12.1 Å². The van der Waals surface area contributed by atoms with Gasteiger partial charge in [0.1, 0.15) is 6.54 Å². The van der Waals surface area contributed by atoms with E-state index in [0.29, 0.717) is 0 Å². The average Bonchev–Trinajstić information content (AvgIpc) is 2.43. The molecule has 0 unspecified atom stereocenters. The number of hydrogen-bond donors (Lipinski definition) is 3. The summed E-state index contributed by atoms with van der Waals surface area (Å²) in [4.78, 5) is 21.6. The Morgan fingerprint density at radius 2 is 1.71 bits per heavy atom. The minimum Gasteiger partial charge on any atom is -0.480 e. The zero-order valence-corrected chi connectivity index (χ0v) is 12.6. The number of sulfonamides is 1. The molecule has 0 saturated carbocycles. The lowest BCUT2D eigenvalue weighted by atomic mass is 10.0. The molecule has 1 aromatic carbocycles. The third-order valence-electron chi connectivity index (χ3n) is 2.72. The molecule has 1 rings (SSSR count). The topological polar surface area (TPSA) is 113 Å². The first-order valence-corrected chi connectivity index (χ1v) is 7.79. The monoisotopic (exact) mass is 314 g/mol. The number of rotatable bonds is 7. The number of carboxylic acid groups (broad SMARTS) is 1. The Bertz CT molecular complexity index is 608. The van der Waals surface area contributed by atoms with Crippen LogP contribution in [0.25, 0.3) is 0 Å². The van der Waals surface area contributed by atoms with Crippen molar-refractivity contribution in [3.05, 3.63) is 29.8 Å². The molecule has 1 amide bonds. The molecule has 7 nitrogen and oxygen atoms in total. The van der Waals surface area contributed by atoms with Crippen molar-refractivity contribution in [2.45, 2.75) is 24.7 Å². The van der Waals surface area contributed by atoms with Gasteiger partial charge in [-0.3, -0.25) is 9.59 Å². The molecular formula is C13H18N2O5S. The largest absolute Gasteiger partial charge is 0.480 e. The Balaban J connectivity index is 2.65. The van der Waals surface area contributed by atoms with E-state index in [1.807, 2.05) is 13.8 Å². The Kier molecular flexibility index (Phi) is 5.86. The standard InChI is InChI=1S/C13H18N2O5S/c1-9(2)10-3-5-11(6-4-10)21(19,20)15-7-12(16)14-8-13(17)18/h3-6,9,15H,7-8H2,1-2H3,(H,14,16)(H,17,18). The SMILES string of the molecule is CC(C)c1ccc(S(=O)(=O)NCC(=O)NCC(=O)O)cc1. The first-order chi connectivity index (χ1) is 9.72. The fourth-order valence-corrected chi connectivity index (χ4v) is 2.49. The van der Waals surface area contributed by atoms with E-state index in [2.05, 4.69) is 10.0 Å². The van der Waals surface area contributed by atoms with Gasteiger partial charge in [0.05, 0.1) is 11.4 Å². The van der Waals surface area contributed by atoms with Crippen LogP contribution in [-0.2, 0) is 19.6 Å². The van der Waals surface area contributed by atoms with E-state index in [-0.39, 0.29) is 10.8 Å². The van der Waals surface area contributed by atoms with Gasteiger partial charge in [0, 0.05) is 0 Å². The minimum absolute atomic E-state index is 0.0536. The van der Waals surface area contributed by atoms with Gasteiger partial charge >= 0.3 is 5.97 Å². The second-order valence-corrected chi connectivity index (χ2v) is 6.49. The summed E-state index contributed by atoms with van der Waals surface area (Å²) in [7, 11) is -3.79. The number of benzene rings is 1. The predicted molar refractivity (Wildman–Crippen MR) is 76.4 cm³/mol. The van der Waals surface area contributed by atoms with Crippen molar-refractivity contribution < 1.29 is 23.1 Å². The van der Waals surface area contributed by atoms with E-state index >= 15 is 0 Å². The zero-order valence-electron chi connectivity index (χ0n) is 11.8. The molecular weight excluding hydrogens is 296 g/mol. The van der Waals surface area contributed by atoms with Crippen molar-refractivity contribution in [3.8, 4) is 0 Å². The van der Waals surface area contributed by atoms with Crippen molar-refractivity contribution in [1.29, 1.82) is 0 Å². The smallest absolute Gasteiger partial charge is 0.322 e. The third kappa shape index (κ3) is 5.52. The quantitative estimate of drug-likeness (QED) is 0.669. The van der Waals surface area contributed by atoms with Gasteiger partial charge < -0.3 is 10.4 Å². The van der Waals surface area contributed by atoms with E-state index < -0.39 is 35.0 Å². The van der Waals surface area contributed by atoms with Gasteiger partial charge in [0.2, 0.25) is 15.9 Å². The summed E-state index contributed by atoms with van der Waals surface area (Å²) in [5.74, 6) is -1.62. The van der Waals surface area contributed by atoms with Crippen LogP contribution in [0.5, 0.6) is 0 Å². The number of carbonyl (C=O) groups is 2. The minimum atomic E-state index is -3.79. The zero-order chi connectivity index (χ0) is 16.0. The molecule has 0 aliphatic carbocycles. The van der Waals surface area contributed by atoms with Gasteiger partial charge in [-0.2, -0.15) is 0 Å². The van der Waals surface area contributed by atoms with Crippen LogP contribution in [-0.4, -0.2) is 38.5 Å².